The van der Waals surface area contributed by atoms with E-state index in [0.717, 1.165) is 5.56 Å². The summed E-state index contributed by atoms with van der Waals surface area (Å²) in [7, 11) is 1.34. The number of amides is 1. The number of nitrogens with one attached hydrogen (secondary N) is 1. The Kier molecular flexibility index (Phi) is 4.47. The molecule has 1 aromatic rings. The number of carbonyl (C=O) groups is 2. The Morgan fingerprint density at radius 2 is 1.94 bits per heavy atom. The summed E-state index contributed by atoms with van der Waals surface area (Å²) in [5, 5.41) is 2.91. The first-order valence-electron chi connectivity index (χ1n) is 4.79. The average molecular weight is 222 g/mol. The number of rotatable bonds is 5. The van der Waals surface area contributed by atoms with E-state index in [1.807, 2.05) is 0 Å². The molecule has 0 bridgehead atoms. The number of nitrogens with two attached hydrogens (primary N) is 1. The largest absolute Gasteiger partial charge is 0.468 e. The van der Waals surface area contributed by atoms with Gasteiger partial charge in [-0.15, -0.1) is 0 Å². The van der Waals surface area contributed by atoms with Gasteiger partial charge in [0.15, 0.2) is 0 Å². The fraction of sp³-hybridized carbons (Fsp3) is 0.273. The SMILES string of the molecule is COC(=O)CNCc1ccc(C(N)=O)cc1. The zero-order valence-corrected chi connectivity index (χ0v) is 9.03. The Bertz CT molecular complexity index is 373. The van der Waals surface area contributed by atoms with Gasteiger partial charge < -0.3 is 15.8 Å². The molecule has 0 spiro atoms. The molecule has 0 saturated carbocycles. The molecule has 0 aromatic heterocycles. The van der Waals surface area contributed by atoms with Gasteiger partial charge in [-0.2, -0.15) is 0 Å². The molecule has 5 heteroatoms. The Hall–Kier alpha value is -1.88. The molecule has 0 aliphatic heterocycles. The number of hydrogen-bond donors (Lipinski definition) is 2. The van der Waals surface area contributed by atoms with Gasteiger partial charge in [0.05, 0.1) is 13.7 Å². The second-order valence-corrected chi connectivity index (χ2v) is 3.24. The van der Waals surface area contributed by atoms with Gasteiger partial charge >= 0.3 is 5.97 Å². The molecule has 1 aromatic carbocycles. The van der Waals surface area contributed by atoms with Crippen LogP contribution in [0.4, 0.5) is 0 Å². The first-order chi connectivity index (χ1) is 7.63. The lowest BCUT2D eigenvalue weighted by atomic mass is 10.1. The Balaban J connectivity index is 2.43. The molecule has 3 N–H and O–H groups in total. The standard InChI is InChI=1S/C11H14N2O3/c1-16-10(14)7-13-6-8-2-4-9(5-3-8)11(12)15/h2-5,13H,6-7H2,1H3,(H2,12,15). The molecule has 5 nitrogen and oxygen atoms in total. The minimum Gasteiger partial charge on any atom is -0.468 e. The van der Waals surface area contributed by atoms with Crippen LogP contribution in [0.3, 0.4) is 0 Å². The minimum absolute atomic E-state index is 0.161. The van der Waals surface area contributed by atoms with Crippen molar-refractivity contribution in [2.24, 2.45) is 5.73 Å². The van der Waals surface area contributed by atoms with E-state index in [0.29, 0.717) is 12.1 Å². The van der Waals surface area contributed by atoms with E-state index in [-0.39, 0.29) is 12.5 Å². The predicted octanol–water partition coefficient (Wildman–Crippen LogP) is 0.0481. The van der Waals surface area contributed by atoms with E-state index in [1.165, 1.54) is 7.11 Å². The lowest BCUT2D eigenvalue weighted by Gasteiger charge is -2.04. The van der Waals surface area contributed by atoms with E-state index >= 15 is 0 Å². The van der Waals surface area contributed by atoms with Crippen molar-refractivity contribution in [2.75, 3.05) is 13.7 Å². The minimum atomic E-state index is -0.450. The molecular weight excluding hydrogens is 208 g/mol. The second-order valence-electron chi connectivity index (χ2n) is 3.24. The summed E-state index contributed by atoms with van der Waals surface area (Å²) in [6, 6.07) is 6.86. The van der Waals surface area contributed by atoms with E-state index < -0.39 is 5.91 Å². The molecule has 1 amide bonds. The van der Waals surface area contributed by atoms with Gasteiger partial charge in [0, 0.05) is 12.1 Å². The maximum Gasteiger partial charge on any atom is 0.319 e. The van der Waals surface area contributed by atoms with Gasteiger partial charge in [-0.1, -0.05) is 12.1 Å². The zero-order chi connectivity index (χ0) is 12.0. The zero-order valence-electron chi connectivity index (χ0n) is 9.03. The van der Waals surface area contributed by atoms with Gasteiger partial charge in [-0.3, -0.25) is 9.59 Å². The third-order valence-electron chi connectivity index (χ3n) is 2.06. The highest BCUT2D eigenvalue weighted by Gasteiger charge is 2.01. The van der Waals surface area contributed by atoms with Crippen LogP contribution in [-0.4, -0.2) is 25.5 Å². The Morgan fingerprint density at radius 1 is 1.31 bits per heavy atom. The molecule has 1 rings (SSSR count). The molecule has 0 heterocycles. The summed E-state index contributed by atoms with van der Waals surface area (Å²) in [5.41, 5.74) is 6.54. The molecular formula is C11H14N2O3. The summed E-state index contributed by atoms with van der Waals surface area (Å²) >= 11 is 0. The number of carbonyl (C=O) groups excluding carboxylic acids is 2. The van der Waals surface area contributed by atoms with Crippen LogP contribution < -0.4 is 11.1 Å². The monoisotopic (exact) mass is 222 g/mol. The van der Waals surface area contributed by atoms with Crippen LogP contribution in [0.1, 0.15) is 15.9 Å². The van der Waals surface area contributed by atoms with Crippen molar-refractivity contribution < 1.29 is 14.3 Å². The number of hydrogen-bond acceptors (Lipinski definition) is 4. The molecule has 0 fully saturated rings. The quantitative estimate of drug-likeness (QED) is 0.690. The highest BCUT2D eigenvalue weighted by Crippen LogP contribution is 2.03. The number of esters is 1. The van der Waals surface area contributed by atoms with Crippen LogP contribution in [0.5, 0.6) is 0 Å². The van der Waals surface area contributed by atoms with Crippen LogP contribution in [0, 0.1) is 0 Å². The van der Waals surface area contributed by atoms with Crippen LogP contribution in [0.2, 0.25) is 0 Å². The molecule has 0 aliphatic carbocycles. The highest BCUT2D eigenvalue weighted by atomic mass is 16.5. The summed E-state index contributed by atoms with van der Waals surface area (Å²) in [5.74, 6) is -0.761. The van der Waals surface area contributed by atoms with E-state index in [4.69, 9.17) is 5.73 Å². The smallest absolute Gasteiger partial charge is 0.319 e. The Labute approximate surface area is 93.6 Å². The van der Waals surface area contributed by atoms with Gasteiger partial charge in [0.2, 0.25) is 5.91 Å². The summed E-state index contributed by atoms with van der Waals surface area (Å²) < 4.78 is 4.48. The van der Waals surface area contributed by atoms with Crippen molar-refractivity contribution >= 4 is 11.9 Å². The van der Waals surface area contributed by atoms with Crippen molar-refractivity contribution in [1.82, 2.24) is 5.32 Å². The molecule has 0 radical (unpaired) electrons. The van der Waals surface area contributed by atoms with Crippen LogP contribution in [-0.2, 0) is 16.1 Å². The third kappa shape index (κ3) is 3.70. The topological polar surface area (TPSA) is 81.4 Å². The Morgan fingerprint density at radius 3 is 2.44 bits per heavy atom. The predicted molar refractivity (Wildman–Crippen MR) is 58.7 cm³/mol. The fourth-order valence-corrected chi connectivity index (χ4v) is 1.17. The maximum atomic E-state index is 10.8. The van der Waals surface area contributed by atoms with Gasteiger partial charge in [-0.05, 0) is 17.7 Å². The van der Waals surface area contributed by atoms with E-state index in [2.05, 4.69) is 10.1 Å². The summed E-state index contributed by atoms with van der Waals surface area (Å²) in [6.45, 7) is 0.697. The van der Waals surface area contributed by atoms with Crippen molar-refractivity contribution in [3.05, 3.63) is 35.4 Å². The second kappa shape index (κ2) is 5.87. The van der Waals surface area contributed by atoms with Crippen molar-refractivity contribution in [3.8, 4) is 0 Å². The number of benzene rings is 1. The van der Waals surface area contributed by atoms with E-state index in [1.54, 1.807) is 24.3 Å². The van der Waals surface area contributed by atoms with Crippen LogP contribution in [0.15, 0.2) is 24.3 Å². The third-order valence-corrected chi connectivity index (χ3v) is 2.06. The summed E-state index contributed by atoms with van der Waals surface area (Å²) in [6.07, 6.45) is 0. The average Bonchev–Trinajstić information content (AvgIpc) is 2.29. The molecule has 0 saturated heterocycles. The van der Waals surface area contributed by atoms with Gasteiger partial charge in [0.25, 0.3) is 0 Å². The lowest BCUT2D eigenvalue weighted by molar-refractivity contribution is -0.139. The number of ether oxygens (including phenoxy) is 1. The lowest BCUT2D eigenvalue weighted by Crippen LogP contribution is -2.23. The first-order valence-corrected chi connectivity index (χ1v) is 4.79. The molecule has 86 valence electrons. The molecule has 0 unspecified atom stereocenters. The first kappa shape index (κ1) is 12.2. The number of primary amides is 1. The van der Waals surface area contributed by atoms with Crippen LogP contribution >= 0.6 is 0 Å². The fourth-order valence-electron chi connectivity index (χ4n) is 1.17. The molecule has 0 aliphatic rings. The van der Waals surface area contributed by atoms with Gasteiger partial charge in [-0.25, -0.2) is 0 Å². The van der Waals surface area contributed by atoms with Crippen molar-refractivity contribution in [1.29, 1.82) is 0 Å². The number of methoxy groups -OCH3 is 1. The summed E-state index contributed by atoms with van der Waals surface area (Å²) in [4.78, 5) is 21.6. The van der Waals surface area contributed by atoms with E-state index in [9.17, 15) is 9.59 Å². The molecule has 0 atom stereocenters. The van der Waals surface area contributed by atoms with Crippen LogP contribution in [0.25, 0.3) is 0 Å². The highest BCUT2D eigenvalue weighted by molar-refractivity contribution is 5.92. The van der Waals surface area contributed by atoms with Crippen molar-refractivity contribution in [3.63, 3.8) is 0 Å². The maximum absolute atomic E-state index is 10.8. The molecule has 16 heavy (non-hydrogen) atoms. The normalized spacial score (nSPS) is 9.81. The van der Waals surface area contributed by atoms with Gasteiger partial charge in [0.1, 0.15) is 0 Å². The van der Waals surface area contributed by atoms with Crippen molar-refractivity contribution in [2.45, 2.75) is 6.54 Å².